The predicted molar refractivity (Wildman–Crippen MR) is 81.6 cm³/mol. The molecule has 0 atom stereocenters. The van der Waals surface area contributed by atoms with Gasteiger partial charge >= 0.3 is 6.03 Å². The number of hydrogen-bond acceptors (Lipinski definition) is 4. The molecule has 1 aromatic carbocycles. The zero-order valence-electron chi connectivity index (χ0n) is 12.5. The summed E-state index contributed by atoms with van der Waals surface area (Å²) < 4.78 is 5.94. The Kier molecular flexibility index (Phi) is 4.58. The number of para-hydroxylation sites is 1. The highest BCUT2D eigenvalue weighted by Gasteiger charge is 2.29. The minimum Gasteiger partial charge on any atom is -0.490 e. The summed E-state index contributed by atoms with van der Waals surface area (Å²) in [5, 5.41) is 2.65. The Labute approximate surface area is 130 Å². The Morgan fingerprint density at radius 3 is 2.55 bits per heavy atom. The monoisotopic (exact) mass is 303 g/mol. The third-order valence-electron chi connectivity index (χ3n) is 4.10. The quantitative estimate of drug-likeness (QED) is 0.904. The molecule has 6 heteroatoms. The number of likely N-dealkylation sites (tertiary alicyclic amines) is 1. The number of nitrogens with one attached hydrogen (secondary N) is 1. The number of nitrogens with zero attached hydrogens (tertiary/aromatic N) is 2. The minimum atomic E-state index is -0.271. The van der Waals surface area contributed by atoms with Crippen molar-refractivity contribution < 1.29 is 14.3 Å². The number of amides is 3. The molecule has 22 heavy (non-hydrogen) atoms. The molecule has 2 aliphatic heterocycles. The highest BCUT2D eigenvalue weighted by molar-refractivity contribution is 5.96. The van der Waals surface area contributed by atoms with E-state index in [0.717, 1.165) is 31.7 Å². The van der Waals surface area contributed by atoms with Gasteiger partial charge in [-0.3, -0.25) is 14.6 Å². The van der Waals surface area contributed by atoms with E-state index in [1.54, 1.807) is 0 Å². The Morgan fingerprint density at radius 1 is 1.18 bits per heavy atom. The second-order valence-corrected chi connectivity index (χ2v) is 5.68. The van der Waals surface area contributed by atoms with Crippen LogP contribution in [0.2, 0.25) is 0 Å². The van der Waals surface area contributed by atoms with Crippen LogP contribution in [-0.2, 0) is 4.79 Å². The lowest BCUT2D eigenvalue weighted by Crippen LogP contribution is -2.46. The van der Waals surface area contributed by atoms with E-state index < -0.39 is 0 Å². The largest absolute Gasteiger partial charge is 0.490 e. The van der Waals surface area contributed by atoms with Crippen molar-refractivity contribution in [3.8, 4) is 5.75 Å². The summed E-state index contributed by atoms with van der Waals surface area (Å²) >= 11 is 0. The molecule has 0 saturated carbocycles. The zero-order chi connectivity index (χ0) is 15.4. The third-order valence-corrected chi connectivity index (χ3v) is 4.10. The van der Waals surface area contributed by atoms with Gasteiger partial charge in [-0.15, -0.1) is 0 Å². The van der Waals surface area contributed by atoms with Crippen LogP contribution in [0.4, 0.5) is 4.79 Å². The maximum Gasteiger partial charge on any atom is 0.324 e. The van der Waals surface area contributed by atoms with Crippen LogP contribution >= 0.6 is 0 Å². The molecule has 0 bridgehead atoms. The van der Waals surface area contributed by atoms with Crippen molar-refractivity contribution in [2.24, 2.45) is 0 Å². The van der Waals surface area contributed by atoms with Crippen molar-refractivity contribution >= 4 is 11.9 Å². The normalized spacial score (nSPS) is 20.0. The highest BCUT2D eigenvalue weighted by atomic mass is 16.5. The van der Waals surface area contributed by atoms with Crippen molar-refractivity contribution in [3.63, 3.8) is 0 Å². The van der Waals surface area contributed by atoms with E-state index in [1.807, 2.05) is 30.3 Å². The second-order valence-electron chi connectivity index (χ2n) is 5.68. The van der Waals surface area contributed by atoms with Crippen LogP contribution in [0.5, 0.6) is 5.75 Å². The molecular formula is C16H21N3O3. The first kappa shape index (κ1) is 14.8. The molecule has 2 fully saturated rings. The van der Waals surface area contributed by atoms with Crippen LogP contribution in [0.25, 0.3) is 0 Å². The van der Waals surface area contributed by atoms with Gasteiger partial charge in [-0.25, -0.2) is 4.79 Å². The zero-order valence-corrected chi connectivity index (χ0v) is 12.5. The van der Waals surface area contributed by atoms with Gasteiger partial charge in [-0.1, -0.05) is 18.2 Å². The van der Waals surface area contributed by atoms with Gasteiger partial charge in [0.1, 0.15) is 11.9 Å². The number of ether oxygens (including phenoxy) is 1. The van der Waals surface area contributed by atoms with Crippen LogP contribution in [-0.4, -0.2) is 60.6 Å². The van der Waals surface area contributed by atoms with E-state index in [2.05, 4.69) is 10.2 Å². The van der Waals surface area contributed by atoms with E-state index in [9.17, 15) is 9.59 Å². The number of carbonyl (C=O) groups excluding carboxylic acids is 2. The first-order valence-electron chi connectivity index (χ1n) is 7.74. The summed E-state index contributed by atoms with van der Waals surface area (Å²) in [7, 11) is 0. The summed E-state index contributed by atoms with van der Waals surface area (Å²) in [6.07, 6.45) is 1.99. The molecule has 0 aliphatic carbocycles. The average molecular weight is 303 g/mol. The van der Waals surface area contributed by atoms with Crippen LogP contribution in [0.1, 0.15) is 12.8 Å². The summed E-state index contributed by atoms with van der Waals surface area (Å²) in [5.74, 6) is 0.781. The fourth-order valence-corrected chi connectivity index (χ4v) is 2.86. The van der Waals surface area contributed by atoms with Crippen molar-refractivity contribution in [3.05, 3.63) is 30.3 Å². The molecule has 118 valence electrons. The molecule has 2 saturated heterocycles. The van der Waals surface area contributed by atoms with E-state index in [0.29, 0.717) is 19.6 Å². The lowest BCUT2D eigenvalue weighted by atomic mass is 10.1. The van der Waals surface area contributed by atoms with Gasteiger partial charge in [0.05, 0.1) is 6.54 Å². The fraction of sp³-hybridized carbons (Fsp3) is 0.500. The highest BCUT2D eigenvalue weighted by Crippen LogP contribution is 2.18. The lowest BCUT2D eigenvalue weighted by Gasteiger charge is -2.32. The van der Waals surface area contributed by atoms with Gasteiger partial charge in [0.25, 0.3) is 0 Å². The van der Waals surface area contributed by atoms with E-state index in [1.165, 1.54) is 4.90 Å². The van der Waals surface area contributed by atoms with E-state index >= 15 is 0 Å². The van der Waals surface area contributed by atoms with Crippen LogP contribution in [0.15, 0.2) is 30.3 Å². The number of imide groups is 1. The smallest absolute Gasteiger partial charge is 0.324 e. The number of hydrogen-bond donors (Lipinski definition) is 1. The van der Waals surface area contributed by atoms with Gasteiger partial charge in [0.2, 0.25) is 5.91 Å². The summed E-state index contributed by atoms with van der Waals surface area (Å²) in [5.41, 5.74) is 0. The van der Waals surface area contributed by atoms with Crippen molar-refractivity contribution in [1.29, 1.82) is 0 Å². The lowest BCUT2D eigenvalue weighted by molar-refractivity contribution is -0.129. The molecule has 0 radical (unpaired) electrons. The number of urea groups is 1. The molecule has 6 nitrogen and oxygen atoms in total. The standard InChI is InChI=1S/C16H21N3O3/c20-15(19-11-8-17-16(19)21)12-18-9-6-14(7-10-18)22-13-4-2-1-3-5-13/h1-5,14H,6-12H2,(H,17,21). The number of carbonyl (C=O) groups is 2. The van der Waals surface area contributed by atoms with E-state index in [4.69, 9.17) is 4.74 Å². The number of benzene rings is 1. The van der Waals surface area contributed by atoms with Crippen molar-refractivity contribution in [2.75, 3.05) is 32.7 Å². The maximum atomic E-state index is 12.1. The maximum absolute atomic E-state index is 12.1. The number of piperidine rings is 1. The predicted octanol–water partition coefficient (Wildman–Crippen LogP) is 1.08. The van der Waals surface area contributed by atoms with Gasteiger partial charge in [0.15, 0.2) is 0 Å². The first-order chi connectivity index (χ1) is 10.7. The molecule has 2 aliphatic rings. The minimum absolute atomic E-state index is 0.113. The Hall–Kier alpha value is -2.08. The van der Waals surface area contributed by atoms with Crippen LogP contribution in [0.3, 0.4) is 0 Å². The molecule has 1 N–H and O–H groups in total. The fourth-order valence-electron chi connectivity index (χ4n) is 2.86. The average Bonchev–Trinajstić information content (AvgIpc) is 2.96. The molecule has 3 rings (SSSR count). The molecule has 0 aromatic heterocycles. The summed E-state index contributed by atoms with van der Waals surface area (Å²) in [6.45, 7) is 2.98. The Bertz CT molecular complexity index is 527. The SMILES string of the molecule is O=C(CN1CCC(Oc2ccccc2)CC1)N1CCNC1=O. The molecular weight excluding hydrogens is 282 g/mol. The molecule has 1 aromatic rings. The van der Waals surface area contributed by atoms with Gasteiger partial charge in [0, 0.05) is 26.2 Å². The topological polar surface area (TPSA) is 61.9 Å². The third kappa shape index (κ3) is 3.57. The number of rotatable bonds is 4. The molecule has 0 spiro atoms. The van der Waals surface area contributed by atoms with E-state index in [-0.39, 0.29) is 18.0 Å². The van der Waals surface area contributed by atoms with Gasteiger partial charge < -0.3 is 10.1 Å². The van der Waals surface area contributed by atoms with Crippen molar-refractivity contribution in [2.45, 2.75) is 18.9 Å². The second kappa shape index (κ2) is 6.79. The molecule has 3 amide bonds. The van der Waals surface area contributed by atoms with Crippen LogP contribution in [0, 0.1) is 0 Å². The van der Waals surface area contributed by atoms with Crippen molar-refractivity contribution in [1.82, 2.24) is 15.1 Å². The molecule has 0 unspecified atom stereocenters. The summed E-state index contributed by atoms with van der Waals surface area (Å²) in [6, 6.07) is 9.54. The Morgan fingerprint density at radius 2 is 1.91 bits per heavy atom. The Balaban J connectivity index is 1.44. The van der Waals surface area contributed by atoms with Gasteiger partial charge in [-0.05, 0) is 25.0 Å². The first-order valence-corrected chi connectivity index (χ1v) is 7.74. The summed E-state index contributed by atoms with van der Waals surface area (Å²) in [4.78, 5) is 27.0. The van der Waals surface area contributed by atoms with Gasteiger partial charge in [-0.2, -0.15) is 0 Å². The molecule has 2 heterocycles. The van der Waals surface area contributed by atoms with Crippen LogP contribution < -0.4 is 10.1 Å².